The predicted octanol–water partition coefficient (Wildman–Crippen LogP) is 3.36. The second-order valence-electron chi connectivity index (χ2n) is 5.27. The van der Waals surface area contributed by atoms with Gasteiger partial charge in [0.15, 0.2) is 6.61 Å². The van der Waals surface area contributed by atoms with Crippen molar-refractivity contribution in [1.82, 2.24) is 10.4 Å². The van der Waals surface area contributed by atoms with E-state index in [9.17, 15) is 9.59 Å². The summed E-state index contributed by atoms with van der Waals surface area (Å²) >= 11 is 11.8. The third-order valence-electron chi connectivity index (χ3n) is 3.45. The highest BCUT2D eigenvalue weighted by atomic mass is 35.5. The van der Waals surface area contributed by atoms with Crippen LogP contribution in [0.1, 0.15) is 5.56 Å². The second kappa shape index (κ2) is 8.03. The monoisotopic (exact) mass is 389 g/mol. The highest BCUT2D eigenvalue weighted by molar-refractivity contribution is 6.42. The molecule has 2 aromatic carbocycles. The smallest absolute Gasteiger partial charge is 0.277 e. The van der Waals surface area contributed by atoms with Crippen molar-refractivity contribution in [2.24, 2.45) is 5.10 Å². The minimum Gasteiger partial charge on any atom is -0.482 e. The van der Waals surface area contributed by atoms with Gasteiger partial charge in [0.05, 0.1) is 16.8 Å². The van der Waals surface area contributed by atoms with Crippen LogP contribution in [-0.2, 0) is 4.79 Å². The lowest BCUT2D eigenvalue weighted by Gasteiger charge is -2.07. The molecule has 1 heterocycles. The van der Waals surface area contributed by atoms with Crippen LogP contribution >= 0.6 is 23.2 Å². The van der Waals surface area contributed by atoms with Gasteiger partial charge in [0.25, 0.3) is 11.5 Å². The molecule has 8 heteroatoms. The summed E-state index contributed by atoms with van der Waals surface area (Å²) in [6.07, 6.45) is 1.27. The molecule has 0 aliphatic rings. The molecular formula is C18H13Cl2N3O3. The maximum Gasteiger partial charge on any atom is 0.277 e. The number of nitrogens with zero attached hydrogens (tertiary/aromatic N) is 1. The number of hydrogen-bond acceptors (Lipinski definition) is 4. The number of pyridine rings is 1. The topological polar surface area (TPSA) is 83.5 Å². The van der Waals surface area contributed by atoms with Gasteiger partial charge in [-0.2, -0.15) is 5.10 Å². The zero-order valence-electron chi connectivity index (χ0n) is 13.3. The number of para-hydroxylation sites is 1. The van der Waals surface area contributed by atoms with Crippen LogP contribution in [0.2, 0.25) is 10.0 Å². The molecule has 3 aromatic rings. The first-order chi connectivity index (χ1) is 12.5. The molecule has 0 radical (unpaired) electrons. The third kappa shape index (κ3) is 4.22. The van der Waals surface area contributed by atoms with Gasteiger partial charge in [0.1, 0.15) is 10.8 Å². The van der Waals surface area contributed by atoms with E-state index in [-0.39, 0.29) is 17.2 Å². The van der Waals surface area contributed by atoms with Crippen molar-refractivity contribution < 1.29 is 9.53 Å². The number of nitrogens with one attached hydrogen (secondary N) is 2. The van der Waals surface area contributed by atoms with Crippen LogP contribution in [0, 0.1) is 0 Å². The summed E-state index contributed by atoms with van der Waals surface area (Å²) in [6, 6.07) is 13.9. The Morgan fingerprint density at radius 3 is 2.85 bits per heavy atom. The Morgan fingerprint density at radius 1 is 1.19 bits per heavy atom. The van der Waals surface area contributed by atoms with Crippen molar-refractivity contribution in [1.29, 1.82) is 0 Å². The fraction of sp³-hybridized carbons (Fsp3) is 0.0556. The Hall–Kier alpha value is -2.83. The second-order valence-corrected chi connectivity index (χ2v) is 6.06. The number of hydrogen-bond donors (Lipinski definition) is 2. The highest BCUT2D eigenvalue weighted by Gasteiger charge is 2.08. The first-order valence-corrected chi connectivity index (χ1v) is 8.31. The van der Waals surface area contributed by atoms with Gasteiger partial charge in [-0.05, 0) is 29.7 Å². The quantitative estimate of drug-likeness (QED) is 0.518. The number of fused-ring (bicyclic) bond motifs is 1. The first kappa shape index (κ1) is 18.0. The zero-order chi connectivity index (χ0) is 18.5. The average molecular weight is 390 g/mol. The number of aromatic amines is 1. The molecule has 0 unspecified atom stereocenters. The summed E-state index contributed by atoms with van der Waals surface area (Å²) < 4.78 is 5.29. The van der Waals surface area contributed by atoms with Crippen LogP contribution < -0.4 is 15.7 Å². The number of carbonyl (C=O) groups excluding carboxylic acids is 1. The SMILES string of the molecule is O=C(COc1cccc(Cl)c1Cl)NN=Cc1cc2ccccc2[nH]c1=O. The molecule has 1 aromatic heterocycles. The zero-order valence-corrected chi connectivity index (χ0v) is 14.8. The Kier molecular flexibility index (Phi) is 5.55. The molecule has 0 saturated carbocycles. The van der Waals surface area contributed by atoms with E-state index in [4.69, 9.17) is 27.9 Å². The minimum atomic E-state index is -0.505. The Balaban J connectivity index is 1.61. The van der Waals surface area contributed by atoms with Crippen molar-refractivity contribution in [3.05, 3.63) is 74.5 Å². The number of hydrazone groups is 1. The molecule has 0 saturated heterocycles. The molecule has 0 fully saturated rings. The molecule has 132 valence electrons. The molecule has 0 aliphatic heterocycles. The van der Waals surface area contributed by atoms with E-state index in [0.717, 1.165) is 10.9 Å². The van der Waals surface area contributed by atoms with E-state index in [2.05, 4.69) is 15.5 Å². The lowest BCUT2D eigenvalue weighted by Crippen LogP contribution is -2.25. The van der Waals surface area contributed by atoms with E-state index in [1.165, 1.54) is 6.21 Å². The van der Waals surface area contributed by atoms with Gasteiger partial charge in [-0.15, -0.1) is 0 Å². The van der Waals surface area contributed by atoms with Crippen molar-refractivity contribution in [2.75, 3.05) is 6.61 Å². The molecular weight excluding hydrogens is 377 g/mol. The number of halogens is 2. The van der Waals surface area contributed by atoms with Crippen LogP contribution in [0.3, 0.4) is 0 Å². The number of carbonyl (C=O) groups is 1. The molecule has 0 spiro atoms. The van der Waals surface area contributed by atoms with Crippen LogP contribution in [0.25, 0.3) is 10.9 Å². The van der Waals surface area contributed by atoms with Crippen LogP contribution in [-0.4, -0.2) is 23.7 Å². The third-order valence-corrected chi connectivity index (χ3v) is 4.25. The number of H-pyrrole nitrogens is 1. The molecule has 0 atom stereocenters. The summed E-state index contributed by atoms with van der Waals surface area (Å²) in [6.45, 7) is -0.300. The summed E-state index contributed by atoms with van der Waals surface area (Å²) in [5, 5.41) is 5.20. The first-order valence-electron chi connectivity index (χ1n) is 7.55. The van der Waals surface area contributed by atoms with Gasteiger partial charge >= 0.3 is 0 Å². The van der Waals surface area contributed by atoms with E-state index in [0.29, 0.717) is 16.3 Å². The van der Waals surface area contributed by atoms with Gasteiger partial charge in [-0.25, -0.2) is 5.43 Å². The largest absolute Gasteiger partial charge is 0.482 e. The van der Waals surface area contributed by atoms with Gasteiger partial charge < -0.3 is 9.72 Å². The maximum absolute atomic E-state index is 12.0. The van der Waals surface area contributed by atoms with Gasteiger partial charge in [0.2, 0.25) is 0 Å². The van der Waals surface area contributed by atoms with Crippen molar-refractivity contribution >= 4 is 46.2 Å². The molecule has 1 amide bonds. The van der Waals surface area contributed by atoms with Crippen molar-refractivity contribution in [2.45, 2.75) is 0 Å². The average Bonchev–Trinajstić information content (AvgIpc) is 2.63. The summed E-state index contributed by atoms with van der Waals surface area (Å²) in [4.78, 5) is 26.5. The summed E-state index contributed by atoms with van der Waals surface area (Å²) in [5.41, 5.74) is 3.03. The maximum atomic E-state index is 12.0. The molecule has 2 N–H and O–H groups in total. The normalized spacial score (nSPS) is 11.0. The number of rotatable bonds is 5. The molecule has 0 bridgehead atoms. The highest BCUT2D eigenvalue weighted by Crippen LogP contribution is 2.31. The Bertz CT molecular complexity index is 1050. The van der Waals surface area contributed by atoms with E-state index in [1.54, 1.807) is 30.3 Å². The Morgan fingerprint density at radius 2 is 2.00 bits per heavy atom. The molecule has 0 aliphatic carbocycles. The van der Waals surface area contributed by atoms with Gasteiger partial charge in [0, 0.05) is 5.52 Å². The number of ether oxygens (including phenoxy) is 1. The fourth-order valence-corrected chi connectivity index (χ4v) is 2.55. The number of aromatic nitrogens is 1. The lowest BCUT2D eigenvalue weighted by atomic mass is 10.2. The van der Waals surface area contributed by atoms with Crippen molar-refractivity contribution in [3.8, 4) is 5.75 Å². The Labute approximate surface area is 158 Å². The number of amides is 1. The minimum absolute atomic E-state index is 0.230. The van der Waals surface area contributed by atoms with E-state index >= 15 is 0 Å². The fourth-order valence-electron chi connectivity index (χ4n) is 2.21. The summed E-state index contributed by atoms with van der Waals surface area (Å²) in [5.74, 6) is -0.209. The van der Waals surface area contributed by atoms with Crippen LogP contribution in [0.5, 0.6) is 5.75 Å². The molecule has 6 nitrogen and oxygen atoms in total. The van der Waals surface area contributed by atoms with Crippen molar-refractivity contribution in [3.63, 3.8) is 0 Å². The standard InChI is InChI=1S/C18H13Cl2N3O3/c19-13-5-3-7-15(17(13)20)26-10-16(24)23-21-9-12-8-11-4-1-2-6-14(11)22-18(12)25/h1-9H,10H2,(H,22,25)(H,23,24). The molecule has 26 heavy (non-hydrogen) atoms. The lowest BCUT2D eigenvalue weighted by molar-refractivity contribution is -0.123. The van der Waals surface area contributed by atoms with Crippen LogP contribution in [0.4, 0.5) is 0 Å². The van der Waals surface area contributed by atoms with Gasteiger partial charge in [-0.3, -0.25) is 9.59 Å². The summed E-state index contributed by atoms with van der Waals surface area (Å²) in [7, 11) is 0. The van der Waals surface area contributed by atoms with E-state index < -0.39 is 5.91 Å². The predicted molar refractivity (Wildman–Crippen MR) is 102 cm³/mol. The number of benzene rings is 2. The van der Waals surface area contributed by atoms with E-state index in [1.807, 2.05) is 18.2 Å². The molecule has 3 rings (SSSR count). The van der Waals surface area contributed by atoms with Crippen LogP contribution in [0.15, 0.2) is 58.4 Å². The van der Waals surface area contributed by atoms with Gasteiger partial charge in [-0.1, -0.05) is 47.5 Å².